The van der Waals surface area contributed by atoms with Crippen LogP contribution in [0.1, 0.15) is 19.8 Å². The van der Waals surface area contributed by atoms with Crippen LogP contribution in [0.5, 0.6) is 0 Å². The van der Waals surface area contributed by atoms with Gasteiger partial charge in [0.1, 0.15) is 11.6 Å². The molecule has 0 saturated carbocycles. The van der Waals surface area contributed by atoms with Crippen LogP contribution in [0, 0.1) is 5.82 Å². The molecular weight excluding hydrogens is 307 g/mol. The quantitative estimate of drug-likeness (QED) is 0.900. The zero-order valence-electron chi connectivity index (χ0n) is 12.4. The summed E-state index contributed by atoms with van der Waals surface area (Å²) in [7, 11) is -1.57. The summed E-state index contributed by atoms with van der Waals surface area (Å²) >= 11 is 0. The molecule has 1 N–H and O–H groups in total. The largest absolute Gasteiger partial charge is 0.352 e. The van der Waals surface area contributed by atoms with Gasteiger partial charge in [0.25, 0.3) is 0 Å². The van der Waals surface area contributed by atoms with Crippen molar-refractivity contribution in [3.8, 4) is 0 Å². The van der Waals surface area contributed by atoms with Gasteiger partial charge in [0.15, 0.2) is 0 Å². The minimum atomic E-state index is -1.57. The number of hydrogen-bond acceptors (Lipinski definition) is 3. The number of carbonyl (C=O) groups is 2. The molecule has 1 heterocycles. The third-order valence-corrected chi connectivity index (χ3v) is 4.78. The normalized spacial score (nSPS) is 19.5. The van der Waals surface area contributed by atoms with Gasteiger partial charge in [-0.1, -0.05) is 6.07 Å². The topological polar surface area (TPSA) is 66.5 Å². The van der Waals surface area contributed by atoms with Crippen LogP contribution >= 0.6 is 0 Å². The van der Waals surface area contributed by atoms with Crippen molar-refractivity contribution >= 4 is 22.6 Å². The highest BCUT2D eigenvalue weighted by Crippen LogP contribution is 2.13. The Morgan fingerprint density at radius 2 is 2.23 bits per heavy atom. The molecule has 0 radical (unpaired) electrons. The first-order valence-corrected chi connectivity index (χ1v) is 8.46. The standard InChI is InChI=1S/C15H19FN2O3S/c1-11(19)17-13-5-3-7-18(9-13)15(20)10-22(21)14-6-2-4-12(16)8-14/h2,4,6,8,13H,3,5,7,9-10H2,1H3,(H,17,19)/t13-,22+/m0/s1. The number of likely N-dealkylation sites (tertiary alicyclic amines) is 1. The van der Waals surface area contributed by atoms with Crippen molar-refractivity contribution in [3.63, 3.8) is 0 Å². The van der Waals surface area contributed by atoms with E-state index in [4.69, 9.17) is 0 Å². The monoisotopic (exact) mass is 326 g/mol. The molecule has 0 unspecified atom stereocenters. The smallest absolute Gasteiger partial charge is 0.235 e. The van der Waals surface area contributed by atoms with Crippen molar-refractivity contribution in [2.45, 2.75) is 30.7 Å². The van der Waals surface area contributed by atoms with E-state index in [-0.39, 0.29) is 23.6 Å². The lowest BCUT2D eigenvalue weighted by atomic mass is 10.1. The van der Waals surface area contributed by atoms with Gasteiger partial charge in [-0.3, -0.25) is 13.8 Å². The molecule has 1 aliphatic heterocycles. The maximum absolute atomic E-state index is 13.1. The number of benzene rings is 1. The lowest BCUT2D eigenvalue weighted by Crippen LogP contribution is -2.50. The molecule has 7 heteroatoms. The van der Waals surface area contributed by atoms with Gasteiger partial charge >= 0.3 is 0 Å². The Morgan fingerprint density at radius 1 is 1.45 bits per heavy atom. The van der Waals surface area contributed by atoms with Crippen LogP contribution in [-0.4, -0.2) is 45.8 Å². The Morgan fingerprint density at radius 3 is 2.91 bits per heavy atom. The van der Waals surface area contributed by atoms with E-state index in [2.05, 4.69) is 5.32 Å². The summed E-state index contributed by atoms with van der Waals surface area (Å²) in [5.41, 5.74) is 0. The molecule has 1 aromatic carbocycles. The Bertz CT molecular complexity index is 594. The zero-order valence-corrected chi connectivity index (χ0v) is 13.2. The summed E-state index contributed by atoms with van der Waals surface area (Å²) < 4.78 is 25.3. The van der Waals surface area contributed by atoms with Crippen molar-refractivity contribution in [3.05, 3.63) is 30.1 Å². The molecule has 120 valence electrons. The van der Waals surface area contributed by atoms with Crippen LogP contribution in [0.25, 0.3) is 0 Å². The highest BCUT2D eigenvalue weighted by molar-refractivity contribution is 7.85. The van der Waals surface area contributed by atoms with Crippen LogP contribution < -0.4 is 5.32 Å². The molecule has 0 spiro atoms. The zero-order chi connectivity index (χ0) is 16.1. The molecule has 1 saturated heterocycles. The second-order valence-electron chi connectivity index (χ2n) is 5.33. The first kappa shape index (κ1) is 16.6. The molecule has 22 heavy (non-hydrogen) atoms. The third kappa shape index (κ3) is 4.62. The van der Waals surface area contributed by atoms with E-state index in [1.54, 1.807) is 11.0 Å². The maximum Gasteiger partial charge on any atom is 0.235 e. The van der Waals surface area contributed by atoms with E-state index >= 15 is 0 Å². The SMILES string of the molecule is CC(=O)N[C@H]1CCCN(C(=O)C[S@@](=O)c2cccc(F)c2)C1. The lowest BCUT2D eigenvalue weighted by molar-refractivity contribution is -0.130. The fourth-order valence-electron chi connectivity index (χ4n) is 2.50. The maximum atomic E-state index is 13.1. The van der Waals surface area contributed by atoms with Crippen molar-refractivity contribution in [2.24, 2.45) is 0 Å². The molecule has 1 aromatic rings. The van der Waals surface area contributed by atoms with Crippen molar-refractivity contribution in [1.82, 2.24) is 10.2 Å². The number of rotatable bonds is 4. The molecular formula is C15H19FN2O3S. The molecule has 2 atom stereocenters. The molecule has 5 nitrogen and oxygen atoms in total. The van der Waals surface area contributed by atoms with Gasteiger partial charge in [-0.25, -0.2) is 4.39 Å². The first-order valence-electron chi connectivity index (χ1n) is 7.14. The average Bonchev–Trinajstić information content (AvgIpc) is 2.46. The number of carbonyl (C=O) groups excluding carboxylic acids is 2. The van der Waals surface area contributed by atoms with E-state index in [0.717, 1.165) is 12.8 Å². The molecule has 1 aliphatic rings. The molecule has 2 rings (SSSR count). The third-order valence-electron chi connectivity index (χ3n) is 3.50. The highest BCUT2D eigenvalue weighted by Gasteiger charge is 2.25. The van der Waals surface area contributed by atoms with E-state index in [0.29, 0.717) is 18.0 Å². The van der Waals surface area contributed by atoms with Crippen LogP contribution in [0.4, 0.5) is 4.39 Å². The van der Waals surface area contributed by atoms with E-state index in [1.807, 2.05) is 0 Å². The van der Waals surface area contributed by atoms with Gasteiger partial charge in [0.2, 0.25) is 11.8 Å². The number of hydrogen-bond donors (Lipinski definition) is 1. The lowest BCUT2D eigenvalue weighted by Gasteiger charge is -2.33. The Labute approximate surface area is 131 Å². The van der Waals surface area contributed by atoms with Gasteiger partial charge < -0.3 is 10.2 Å². The van der Waals surface area contributed by atoms with E-state index in [9.17, 15) is 18.2 Å². The minimum absolute atomic E-state index is 0.0576. The molecule has 0 bridgehead atoms. The number of piperidine rings is 1. The fraction of sp³-hybridized carbons (Fsp3) is 0.467. The Kier molecular flexibility index (Phi) is 5.65. The predicted molar refractivity (Wildman–Crippen MR) is 81.1 cm³/mol. The summed E-state index contributed by atoms with van der Waals surface area (Å²) in [6, 6.07) is 5.41. The molecule has 2 amide bonds. The number of amides is 2. The van der Waals surface area contributed by atoms with Gasteiger partial charge in [-0.05, 0) is 31.0 Å². The van der Waals surface area contributed by atoms with Crippen LogP contribution in [0.15, 0.2) is 29.2 Å². The van der Waals surface area contributed by atoms with Gasteiger partial charge in [0, 0.05) is 31.0 Å². The van der Waals surface area contributed by atoms with E-state index < -0.39 is 16.6 Å². The Hall–Kier alpha value is -1.76. The van der Waals surface area contributed by atoms with Crippen molar-refractivity contribution in [2.75, 3.05) is 18.8 Å². The van der Waals surface area contributed by atoms with Gasteiger partial charge in [0.05, 0.1) is 10.8 Å². The summed E-state index contributed by atoms with van der Waals surface area (Å²) in [4.78, 5) is 25.2. The van der Waals surface area contributed by atoms with Crippen LogP contribution in [0.2, 0.25) is 0 Å². The average molecular weight is 326 g/mol. The number of nitrogens with one attached hydrogen (secondary N) is 1. The second kappa shape index (κ2) is 7.49. The van der Waals surface area contributed by atoms with E-state index in [1.165, 1.54) is 25.1 Å². The molecule has 0 aromatic heterocycles. The van der Waals surface area contributed by atoms with Crippen LogP contribution in [-0.2, 0) is 20.4 Å². The summed E-state index contributed by atoms with van der Waals surface area (Å²) in [6.45, 7) is 2.47. The second-order valence-corrected chi connectivity index (χ2v) is 6.78. The molecule has 1 fully saturated rings. The fourth-order valence-corrected chi connectivity index (χ4v) is 3.55. The summed E-state index contributed by atoms with van der Waals surface area (Å²) in [6.07, 6.45) is 1.62. The summed E-state index contributed by atoms with van der Waals surface area (Å²) in [5.74, 6) is -1.00. The Balaban J connectivity index is 1.93. The number of nitrogens with zero attached hydrogens (tertiary/aromatic N) is 1. The van der Waals surface area contributed by atoms with Crippen molar-refractivity contribution < 1.29 is 18.2 Å². The molecule has 0 aliphatic carbocycles. The summed E-state index contributed by atoms with van der Waals surface area (Å²) in [5, 5.41) is 2.80. The van der Waals surface area contributed by atoms with Crippen LogP contribution in [0.3, 0.4) is 0 Å². The highest BCUT2D eigenvalue weighted by atomic mass is 32.2. The van der Waals surface area contributed by atoms with Gasteiger partial charge in [-0.2, -0.15) is 0 Å². The van der Waals surface area contributed by atoms with Gasteiger partial charge in [-0.15, -0.1) is 0 Å². The number of halogens is 1. The van der Waals surface area contributed by atoms with Crippen molar-refractivity contribution in [1.29, 1.82) is 0 Å². The predicted octanol–water partition coefficient (Wildman–Crippen LogP) is 1.06. The minimum Gasteiger partial charge on any atom is -0.352 e. The first-order chi connectivity index (χ1) is 10.5.